The summed E-state index contributed by atoms with van der Waals surface area (Å²) < 4.78 is 27.1. The Morgan fingerprint density at radius 3 is 2.80 bits per heavy atom. The molecule has 20 heavy (non-hydrogen) atoms. The number of carboxylic acid groups (broad SMARTS) is 1. The monoisotopic (exact) mass is 317 g/mol. The van der Waals surface area contributed by atoms with Crippen LogP contribution in [0.1, 0.15) is 26.2 Å². The summed E-state index contributed by atoms with van der Waals surface area (Å²) in [5.74, 6) is -0.978. The Labute approximate surface area is 123 Å². The highest BCUT2D eigenvalue weighted by Gasteiger charge is 2.46. The number of hydrogen-bond donors (Lipinski definition) is 2. The summed E-state index contributed by atoms with van der Waals surface area (Å²) in [5, 5.41) is 9.62. The number of halogens is 1. The largest absolute Gasteiger partial charge is 0.481 e. The molecule has 1 aliphatic rings. The molecule has 0 heterocycles. The van der Waals surface area contributed by atoms with E-state index in [0.717, 1.165) is 0 Å². The zero-order valence-electron chi connectivity index (χ0n) is 11.0. The maximum absolute atomic E-state index is 12.3. The predicted molar refractivity (Wildman–Crippen MR) is 75.2 cm³/mol. The van der Waals surface area contributed by atoms with E-state index in [0.29, 0.717) is 24.3 Å². The molecule has 110 valence electrons. The molecule has 0 bridgehead atoms. The summed E-state index contributed by atoms with van der Waals surface area (Å²) in [5.41, 5.74) is -1.06. The van der Waals surface area contributed by atoms with E-state index in [1.807, 2.05) is 0 Å². The van der Waals surface area contributed by atoms with E-state index in [1.54, 1.807) is 19.1 Å². The number of nitrogens with one attached hydrogen (secondary N) is 1. The molecule has 1 aromatic carbocycles. The van der Waals surface area contributed by atoms with Crippen molar-refractivity contribution in [3.05, 3.63) is 29.3 Å². The van der Waals surface area contributed by atoms with Gasteiger partial charge in [0.25, 0.3) is 0 Å². The van der Waals surface area contributed by atoms with E-state index in [4.69, 9.17) is 11.6 Å². The molecule has 7 heteroatoms. The summed E-state index contributed by atoms with van der Waals surface area (Å²) in [4.78, 5) is 11.4. The quantitative estimate of drug-likeness (QED) is 0.892. The highest BCUT2D eigenvalue weighted by Crippen LogP contribution is 2.39. The Morgan fingerprint density at radius 1 is 1.50 bits per heavy atom. The minimum atomic E-state index is -3.77. The Kier molecular flexibility index (Phi) is 4.09. The number of benzene rings is 1. The molecular weight excluding hydrogens is 302 g/mol. The normalized spacial score (nSPS) is 26.6. The first-order valence-electron chi connectivity index (χ1n) is 6.27. The Balaban J connectivity index is 2.27. The van der Waals surface area contributed by atoms with Crippen LogP contribution >= 0.6 is 11.6 Å². The minimum Gasteiger partial charge on any atom is -0.481 e. The molecule has 1 aliphatic carbocycles. The number of aliphatic carboxylic acids is 1. The van der Waals surface area contributed by atoms with Crippen LogP contribution in [0.25, 0.3) is 0 Å². The molecule has 0 saturated heterocycles. The van der Waals surface area contributed by atoms with Crippen molar-refractivity contribution in [2.24, 2.45) is 5.41 Å². The molecule has 1 aromatic rings. The fourth-order valence-electron chi connectivity index (χ4n) is 2.50. The third kappa shape index (κ3) is 2.82. The van der Waals surface area contributed by atoms with Crippen molar-refractivity contribution in [1.29, 1.82) is 0 Å². The molecule has 0 radical (unpaired) electrons. The molecule has 1 saturated carbocycles. The predicted octanol–water partition coefficient (Wildman–Crippen LogP) is 2.26. The molecule has 0 spiro atoms. The van der Waals surface area contributed by atoms with Crippen LogP contribution in [0, 0.1) is 5.41 Å². The van der Waals surface area contributed by atoms with Crippen molar-refractivity contribution in [2.75, 3.05) is 0 Å². The highest BCUT2D eigenvalue weighted by atomic mass is 35.5. The molecule has 2 rings (SSSR count). The van der Waals surface area contributed by atoms with E-state index in [1.165, 1.54) is 12.1 Å². The third-order valence-electron chi connectivity index (χ3n) is 3.85. The van der Waals surface area contributed by atoms with E-state index in [2.05, 4.69) is 4.72 Å². The molecule has 0 amide bonds. The van der Waals surface area contributed by atoms with Crippen molar-refractivity contribution in [3.8, 4) is 0 Å². The molecule has 2 N–H and O–H groups in total. The SMILES string of the molecule is CC1(C(=O)O)CCCC1NS(=O)(=O)c1cccc(Cl)c1. The van der Waals surface area contributed by atoms with Gasteiger partial charge in [-0.05, 0) is 38.0 Å². The van der Waals surface area contributed by atoms with Gasteiger partial charge in [-0.1, -0.05) is 24.1 Å². The molecule has 0 aromatic heterocycles. The van der Waals surface area contributed by atoms with Gasteiger partial charge in [0, 0.05) is 11.1 Å². The van der Waals surface area contributed by atoms with E-state index < -0.39 is 27.4 Å². The number of hydrogen-bond acceptors (Lipinski definition) is 3. The first kappa shape index (κ1) is 15.3. The topological polar surface area (TPSA) is 83.5 Å². The molecule has 1 fully saturated rings. The average molecular weight is 318 g/mol. The summed E-state index contributed by atoms with van der Waals surface area (Å²) in [7, 11) is -3.77. The van der Waals surface area contributed by atoms with Crippen molar-refractivity contribution < 1.29 is 18.3 Å². The van der Waals surface area contributed by atoms with Crippen LogP contribution in [-0.2, 0) is 14.8 Å². The lowest BCUT2D eigenvalue weighted by molar-refractivity contribution is -0.148. The number of sulfonamides is 1. The zero-order valence-corrected chi connectivity index (χ0v) is 12.5. The average Bonchev–Trinajstić information content (AvgIpc) is 2.72. The fourth-order valence-corrected chi connectivity index (χ4v) is 4.18. The standard InChI is InChI=1S/C13H16ClNO4S/c1-13(12(16)17)7-3-6-11(13)15-20(18,19)10-5-2-4-9(14)8-10/h2,4-5,8,11,15H,3,6-7H2,1H3,(H,16,17). The van der Waals surface area contributed by atoms with Crippen LogP contribution < -0.4 is 4.72 Å². The van der Waals surface area contributed by atoms with Crippen LogP contribution in [-0.4, -0.2) is 25.5 Å². The second-order valence-electron chi connectivity index (χ2n) is 5.25. The van der Waals surface area contributed by atoms with Crippen molar-refractivity contribution >= 4 is 27.6 Å². The van der Waals surface area contributed by atoms with Crippen molar-refractivity contribution in [2.45, 2.75) is 37.1 Å². The second kappa shape index (κ2) is 5.35. The van der Waals surface area contributed by atoms with Crippen molar-refractivity contribution in [3.63, 3.8) is 0 Å². The Hall–Kier alpha value is -1.11. The van der Waals surface area contributed by atoms with Gasteiger partial charge in [-0.25, -0.2) is 13.1 Å². The first-order valence-corrected chi connectivity index (χ1v) is 8.13. The lowest BCUT2D eigenvalue weighted by Gasteiger charge is -2.27. The van der Waals surface area contributed by atoms with Crippen LogP contribution in [0.3, 0.4) is 0 Å². The van der Waals surface area contributed by atoms with Gasteiger partial charge in [-0.2, -0.15) is 0 Å². The molecule has 5 nitrogen and oxygen atoms in total. The summed E-state index contributed by atoms with van der Waals surface area (Å²) in [6.45, 7) is 1.58. The smallest absolute Gasteiger partial charge is 0.310 e. The van der Waals surface area contributed by atoms with Gasteiger partial charge in [0.2, 0.25) is 10.0 Å². The Bertz CT molecular complexity index is 631. The van der Waals surface area contributed by atoms with Gasteiger partial charge in [-0.15, -0.1) is 0 Å². The molecule has 0 aliphatic heterocycles. The van der Waals surface area contributed by atoms with Gasteiger partial charge < -0.3 is 5.11 Å². The number of rotatable bonds is 4. The van der Waals surface area contributed by atoms with Gasteiger partial charge in [0.15, 0.2) is 0 Å². The summed E-state index contributed by atoms with van der Waals surface area (Å²) >= 11 is 5.79. The number of carbonyl (C=O) groups is 1. The lowest BCUT2D eigenvalue weighted by Crippen LogP contribution is -2.46. The van der Waals surface area contributed by atoms with Crippen LogP contribution in [0.5, 0.6) is 0 Å². The summed E-state index contributed by atoms with van der Waals surface area (Å²) in [6.07, 6.45) is 1.67. The van der Waals surface area contributed by atoms with Gasteiger partial charge >= 0.3 is 5.97 Å². The van der Waals surface area contributed by atoms with Gasteiger partial charge in [-0.3, -0.25) is 4.79 Å². The van der Waals surface area contributed by atoms with E-state index in [9.17, 15) is 18.3 Å². The lowest BCUT2D eigenvalue weighted by atomic mass is 9.85. The molecule has 2 atom stereocenters. The van der Waals surface area contributed by atoms with Crippen LogP contribution in [0.15, 0.2) is 29.2 Å². The maximum Gasteiger partial charge on any atom is 0.310 e. The second-order valence-corrected chi connectivity index (χ2v) is 7.40. The van der Waals surface area contributed by atoms with E-state index >= 15 is 0 Å². The maximum atomic E-state index is 12.3. The van der Waals surface area contributed by atoms with Crippen LogP contribution in [0.2, 0.25) is 5.02 Å². The highest BCUT2D eigenvalue weighted by molar-refractivity contribution is 7.89. The van der Waals surface area contributed by atoms with Gasteiger partial charge in [0.05, 0.1) is 10.3 Å². The zero-order chi connectivity index (χ0) is 15.0. The minimum absolute atomic E-state index is 0.0460. The van der Waals surface area contributed by atoms with E-state index in [-0.39, 0.29) is 4.90 Å². The fraction of sp³-hybridized carbons (Fsp3) is 0.462. The summed E-state index contributed by atoms with van der Waals surface area (Å²) in [6, 6.07) is 5.29. The molecular formula is C13H16ClNO4S. The molecule has 2 unspecified atom stereocenters. The number of carboxylic acids is 1. The third-order valence-corrected chi connectivity index (χ3v) is 5.55. The van der Waals surface area contributed by atoms with Gasteiger partial charge in [0.1, 0.15) is 0 Å². The first-order chi connectivity index (χ1) is 9.25. The Morgan fingerprint density at radius 2 is 2.20 bits per heavy atom. The van der Waals surface area contributed by atoms with Crippen molar-refractivity contribution in [1.82, 2.24) is 4.72 Å². The van der Waals surface area contributed by atoms with Crippen LogP contribution in [0.4, 0.5) is 0 Å².